The largest absolute Gasteiger partial charge is 0.496 e. The topological polar surface area (TPSA) is 95.5 Å². The SMILES string of the molecule is COc1ccc([C@@H](C)C(=O)O)cc1CCN[C@H](c1ccccc1)[C@H]1CNc2cccnc2N1. The average Bonchev–Trinajstić information content (AvgIpc) is 2.86. The second kappa shape index (κ2) is 10.4. The number of aromatic nitrogens is 1. The lowest BCUT2D eigenvalue weighted by Crippen LogP contribution is -2.44. The van der Waals surface area contributed by atoms with Gasteiger partial charge in [-0.3, -0.25) is 4.79 Å². The van der Waals surface area contributed by atoms with Gasteiger partial charge in [-0.1, -0.05) is 42.5 Å². The summed E-state index contributed by atoms with van der Waals surface area (Å²) >= 11 is 0. The number of methoxy groups -OCH3 is 1. The normalized spacial score (nSPS) is 16.6. The third-order valence-electron chi connectivity index (χ3n) is 6.14. The van der Waals surface area contributed by atoms with Crippen molar-refractivity contribution in [1.82, 2.24) is 10.3 Å². The number of anilines is 2. The summed E-state index contributed by atoms with van der Waals surface area (Å²) in [6.07, 6.45) is 2.50. The van der Waals surface area contributed by atoms with Crippen LogP contribution >= 0.6 is 0 Å². The maximum absolute atomic E-state index is 11.4. The fourth-order valence-electron chi connectivity index (χ4n) is 4.23. The Morgan fingerprint density at radius 1 is 1.18 bits per heavy atom. The molecule has 0 amide bonds. The predicted molar refractivity (Wildman–Crippen MR) is 130 cm³/mol. The molecule has 7 heteroatoms. The summed E-state index contributed by atoms with van der Waals surface area (Å²) in [6, 6.07) is 20.1. The Balaban J connectivity index is 1.50. The third-order valence-corrected chi connectivity index (χ3v) is 6.14. The summed E-state index contributed by atoms with van der Waals surface area (Å²) in [7, 11) is 1.64. The molecule has 0 radical (unpaired) electrons. The lowest BCUT2D eigenvalue weighted by molar-refractivity contribution is -0.138. The number of carboxylic acids is 1. The Morgan fingerprint density at radius 2 is 2.00 bits per heavy atom. The van der Waals surface area contributed by atoms with E-state index in [1.165, 1.54) is 5.56 Å². The van der Waals surface area contributed by atoms with Gasteiger partial charge in [-0.05, 0) is 54.8 Å². The van der Waals surface area contributed by atoms with E-state index in [0.29, 0.717) is 13.0 Å². The monoisotopic (exact) mass is 446 g/mol. The number of nitrogens with zero attached hydrogens (tertiary/aromatic N) is 1. The van der Waals surface area contributed by atoms with Gasteiger partial charge in [0.1, 0.15) is 11.6 Å². The predicted octanol–water partition coefficient (Wildman–Crippen LogP) is 4.06. The Hall–Kier alpha value is -3.58. The number of hydrogen-bond acceptors (Lipinski definition) is 6. The van der Waals surface area contributed by atoms with Crippen molar-refractivity contribution in [3.8, 4) is 5.75 Å². The fourth-order valence-corrected chi connectivity index (χ4v) is 4.23. The first-order valence-electron chi connectivity index (χ1n) is 11.2. The lowest BCUT2D eigenvalue weighted by atomic mass is 9.96. The van der Waals surface area contributed by atoms with E-state index in [1.807, 2.05) is 48.5 Å². The van der Waals surface area contributed by atoms with Crippen LogP contribution in [0.25, 0.3) is 0 Å². The molecule has 7 nitrogen and oxygen atoms in total. The molecule has 0 saturated heterocycles. The van der Waals surface area contributed by atoms with Crippen LogP contribution in [0.3, 0.4) is 0 Å². The van der Waals surface area contributed by atoms with E-state index in [4.69, 9.17) is 4.74 Å². The number of hydrogen-bond donors (Lipinski definition) is 4. The van der Waals surface area contributed by atoms with Crippen LogP contribution in [0.5, 0.6) is 5.75 Å². The molecule has 3 aromatic rings. The van der Waals surface area contributed by atoms with Crippen LogP contribution in [0.15, 0.2) is 66.9 Å². The molecular weight excluding hydrogens is 416 g/mol. The number of benzene rings is 2. The van der Waals surface area contributed by atoms with Crippen molar-refractivity contribution in [2.24, 2.45) is 0 Å². The maximum Gasteiger partial charge on any atom is 0.310 e. The molecule has 0 saturated carbocycles. The first-order valence-corrected chi connectivity index (χ1v) is 11.2. The quantitative estimate of drug-likeness (QED) is 0.394. The van der Waals surface area contributed by atoms with Crippen molar-refractivity contribution < 1.29 is 14.6 Å². The van der Waals surface area contributed by atoms with Gasteiger partial charge in [0.2, 0.25) is 0 Å². The molecule has 0 aliphatic carbocycles. The number of pyridine rings is 1. The van der Waals surface area contributed by atoms with Gasteiger partial charge in [0.05, 0.1) is 30.8 Å². The second-order valence-electron chi connectivity index (χ2n) is 8.25. The number of rotatable bonds is 9. The molecule has 33 heavy (non-hydrogen) atoms. The standard InChI is InChI=1S/C26H30N4O3/c1-17(26(31)32)19-10-11-23(33-2)20(15-19)12-14-27-24(18-7-4-3-5-8-18)22-16-29-21-9-6-13-28-25(21)30-22/h3-11,13,15,17,22,24,27,29H,12,14,16H2,1-2H3,(H,28,30)(H,31,32)/t17-,22-,24-/m1/s1. The van der Waals surface area contributed by atoms with E-state index in [2.05, 4.69) is 33.1 Å². The molecule has 1 aromatic heterocycles. The van der Waals surface area contributed by atoms with Crippen molar-refractivity contribution in [2.45, 2.75) is 31.3 Å². The van der Waals surface area contributed by atoms with Gasteiger partial charge < -0.3 is 25.8 Å². The van der Waals surface area contributed by atoms with E-state index in [1.54, 1.807) is 20.2 Å². The molecule has 2 heterocycles. The van der Waals surface area contributed by atoms with Crippen molar-refractivity contribution in [3.05, 3.63) is 83.6 Å². The number of aliphatic carboxylic acids is 1. The summed E-state index contributed by atoms with van der Waals surface area (Å²) in [5.41, 5.74) is 3.97. The Morgan fingerprint density at radius 3 is 2.76 bits per heavy atom. The highest BCUT2D eigenvalue weighted by atomic mass is 16.5. The minimum absolute atomic E-state index is 0.0565. The van der Waals surface area contributed by atoms with Gasteiger partial charge in [0.15, 0.2) is 0 Å². The number of carboxylic acid groups (broad SMARTS) is 1. The number of nitrogens with one attached hydrogen (secondary N) is 3. The highest BCUT2D eigenvalue weighted by Crippen LogP contribution is 2.29. The van der Waals surface area contributed by atoms with Crippen LogP contribution in [0, 0.1) is 0 Å². The van der Waals surface area contributed by atoms with E-state index >= 15 is 0 Å². The molecule has 2 aromatic carbocycles. The molecule has 0 unspecified atom stereocenters. The summed E-state index contributed by atoms with van der Waals surface area (Å²) in [5, 5.41) is 20.1. The Labute approximate surface area is 194 Å². The van der Waals surface area contributed by atoms with E-state index < -0.39 is 11.9 Å². The van der Waals surface area contributed by atoms with Crippen LogP contribution in [-0.2, 0) is 11.2 Å². The zero-order chi connectivity index (χ0) is 23.2. The molecule has 1 aliphatic rings. The zero-order valence-corrected chi connectivity index (χ0v) is 18.9. The summed E-state index contributed by atoms with van der Waals surface area (Å²) in [4.78, 5) is 15.9. The molecular formula is C26H30N4O3. The third kappa shape index (κ3) is 5.26. The number of fused-ring (bicyclic) bond motifs is 1. The summed E-state index contributed by atoms with van der Waals surface area (Å²) in [5.74, 6) is 0.224. The average molecular weight is 447 g/mol. The maximum atomic E-state index is 11.4. The van der Waals surface area contributed by atoms with Crippen LogP contribution in [-0.4, -0.2) is 42.3 Å². The highest BCUT2D eigenvalue weighted by molar-refractivity contribution is 5.75. The molecule has 0 bridgehead atoms. The molecule has 0 fully saturated rings. The van der Waals surface area contributed by atoms with Crippen LogP contribution < -0.4 is 20.7 Å². The second-order valence-corrected chi connectivity index (χ2v) is 8.25. The first kappa shape index (κ1) is 22.6. The van der Waals surface area contributed by atoms with Gasteiger partial charge in [0.25, 0.3) is 0 Å². The molecule has 172 valence electrons. The van der Waals surface area contributed by atoms with Crippen molar-refractivity contribution >= 4 is 17.5 Å². The fraction of sp³-hybridized carbons (Fsp3) is 0.308. The van der Waals surface area contributed by atoms with Crippen LogP contribution in [0.4, 0.5) is 11.5 Å². The molecule has 0 spiro atoms. The van der Waals surface area contributed by atoms with Gasteiger partial charge in [-0.15, -0.1) is 0 Å². The summed E-state index contributed by atoms with van der Waals surface area (Å²) < 4.78 is 5.53. The van der Waals surface area contributed by atoms with E-state index in [9.17, 15) is 9.90 Å². The number of ether oxygens (including phenoxy) is 1. The minimum Gasteiger partial charge on any atom is -0.496 e. The van der Waals surface area contributed by atoms with Gasteiger partial charge in [-0.2, -0.15) is 0 Å². The van der Waals surface area contributed by atoms with Crippen molar-refractivity contribution in [3.63, 3.8) is 0 Å². The number of carbonyl (C=O) groups is 1. The molecule has 4 rings (SSSR count). The first-order chi connectivity index (χ1) is 16.1. The molecule has 3 atom stereocenters. The van der Waals surface area contributed by atoms with Crippen LogP contribution in [0.1, 0.15) is 35.6 Å². The smallest absolute Gasteiger partial charge is 0.310 e. The van der Waals surface area contributed by atoms with Gasteiger partial charge in [0, 0.05) is 12.7 Å². The zero-order valence-electron chi connectivity index (χ0n) is 18.9. The van der Waals surface area contributed by atoms with E-state index in [0.717, 1.165) is 34.9 Å². The van der Waals surface area contributed by atoms with Crippen LogP contribution in [0.2, 0.25) is 0 Å². The van der Waals surface area contributed by atoms with Crippen molar-refractivity contribution in [1.29, 1.82) is 0 Å². The van der Waals surface area contributed by atoms with E-state index in [-0.39, 0.29) is 12.1 Å². The summed E-state index contributed by atoms with van der Waals surface area (Å²) in [6.45, 7) is 3.17. The Bertz CT molecular complexity index is 1090. The highest BCUT2D eigenvalue weighted by Gasteiger charge is 2.27. The minimum atomic E-state index is -0.835. The molecule has 4 N–H and O–H groups in total. The van der Waals surface area contributed by atoms with Gasteiger partial charge in [-0.25, -0.2) is 4.98 Å². The van der Waals surface area contributed by atoms with Gasteiger partial charge >= 0.3 is 5.97 Å². The Kier molecular flexibility index (Phi) is 7.10. The molecule has 1 aliphatic heterocycles. The lowest BCUT2D eigenvalue weighted by Gasteiger charge is -2.34. The van der Waals surface area contributed by atoms with Crippen molar-refractivity contribution in [2.75, 3.05) is 30.8 Å².